The summed E-state index contributed by atoms with van der Waals surface area (Å²) in [4.78, 5) is 4.10. The zero-order valence-electron chi connectivity index (χ0n) is 5.25. The molecular formula is C8H10NNa. The van der Waals surface area contributed by atoms with E-state index < -0.39 is 0 Å². The molecule has 0 fully saturated rings. The molecule has 10 heavy (non-hydrogen) atoms. The summed E-state index contributed by atoms with van der Waals surface area (Å²) < 4.78 is 0. The molecule has 0 aliphatic carbocycles. The van der Waals surface area contributed by atoms with Crippen molar-refractivity contribution < 1.29 is 0 Å². The summed E-state index contributed by atoms with van der Waals surface area (Å²) in [5.74, 6) is 0. The zero-order valence-corrected chi connectivity index (χ0v) is 5.25. The van der Waals surface area contributed by atoms with Crippen molar-refractivity contribution in [3.8, 4) is 0 Å². The van der Waals surface area contributed by atoms with Crippen molar-refractivity contribution in [2.24, 2.45) is 0 Å². The number of allylic oxidation sites excluding steroid dienone is 1. The van der Waals surface area contributed by atoms with Crippen LogP contribution in [0.3, 0.4) is 0 Å². The topological polar surface area (TPSA) is 12.9 Å². The molecule has 0 unspecified atom stereocenters. The van der Waals surface area contributed by atoms with E-state index in [1.54, 1.807) is 6.20 Å². The van der Waals surface area contributed by atoms with Crippen LogP contribution in [0.4, 0.5) is 0 Å². The Labute approximate surface area is 83.5 Å². The Bertz CT molecular complexity index is 184. The van der Waals surface area contributed by atoms with Crippen LogP contribution < -0.4 is 0 Å². The van der Waals surface area contributed by atoms with Crippen LogP contribution >= 0.6 is 0 Å². The van der Waals surface area contributed by atoms with Crippen molar-refractivity contribution in [1.82, 2.24) is 4.98 Å². The van der Waals surface area contributed by atoms with Crippen LogP contribution in [0, 0.1) is 0 Å². The molecule has 48 valence electrons. The van der Waals surface area contributed by atoms with Gasteiger partial charge in [0.2, 0.25) is 0 Å². The van der Waals surface area contributed by atoms with E-state index in [0.717, 1.165) is 12.1 Å². The first-order valence-electron chi connectivity index (χ1n) is 2.94. The van der Waals surface area contributed by atoms with E-state index in [1.165, 1.54) is 0 Å². The van der Waals surface area contributed by atoms with E-state index in [2.05, 4.69) is 11.6 Å². The van der Waals surface area contributed by atoms with E-state index in [0.29, 0.717) is 0 Å². The van der Waals surface area contributed by atoms with Gasteiger partial charge in [0.05, 0.1) is 0 Å². The van der Waals surface area contributed by atoms with Gasteiger partial charge in [-0.3, -0.25) is 4.98 Å². The first-order chi connectivity index (χ1) is 4.43. The summed E-state index contributed by atoms with van der Waals surface area (Å²) in [5.41, 5.74) is 1.08. The average Bonchev–Trinajstić information content (AvgIpc) is 1.91. The zero-order chi connectivity index (χ0) is 6.53. The molecule has 0 N–H and O–H groups in total. The Balaban J connectivity index is 0.000000810. The fraction of sp³-hybridized carbons (Fsp3) is 0.125. The SMILES string of the molecule is C=CCc1ccccn1.[NaH]. The van der Waals surface area contributed by atoms with Gasteiger partial charge in [-0.25, -0.2) is 0 Å². The third-order valence-corrected chi connectivity index (χ3v) is 1.08. The second-order valence-electron chi connectivity index (χ2n) is 1.81. The molecule has 0 aliphatic heterocycles. The Hall–Kier alpha value is -0.110. The first kappa shape index (κ1) is 9.89. The molecule has 0 aliphatic rings. The standard InChI is InChI=1S/C8H9N.Na.H/c1-2-5-8-6-3-4-7-9-8;;/h2-4,6-7H,1,5H2;;. The molecule has 1 nitrogen and oxygen atoms in total. The van der Waals surface area contributed by atoms with Gasteiger partial charge in [0.1, 0.15) is 0 Å². The van der Waals surface area contributed by atoms with Crippen LogP contribution in [-0.2, 0) is 6.42 Å². The van der Waals surface area contributed by atoms with E-state index in [9.17, 15) is 0 Å². The third-order valence-electron chi connectivity index (χ3n) is 1.08. The van der Waals surface area contributed by atoms with Gasteiger partial charge in [0.25, 0.3) is 0 Å². The molecule has 0 radical (unpaired) electrons. The van der Waals surface area contributed by atoms with Crippen molar-refractivity contribution in [3.63, 3.8) is 0 Å². The fourth-order valence-electron chi connectivity index (χ4n) is 0.667. The number of hydrogen-bond acceptors (Lipinski definition) is 1. The normalized spacial score (nSPS) is 8.00. The van der Waals surface area contributed by atoms with Gasteiger partial charge in [-0.1, -0.05) is 12.1 Å². The molecule has 1 heterocycles. The molecule has 0 saturated carbocycles. The van der Waals surface area contributed by atoms with Gasteiger partial charge in [0, 0.05) is 18.3 Å². The van der Waals surface area contributed by atoms with Crippen LogP contribution in [0.15, 0.2) is 37.1 Å². The predicted octanol–water partition coefficient (Wildman–Crippen LogP) is 1.16. The van der Waals surface area contributed by atoms with Crippen molar-refractivity contribution in [3.05, 3.63) is 42.7 Å². The quantitative estimate of drug-likeness (QED) is 0.447. The maximum atomic E-state index is 4.10. The number of hydrogen-bond donors (Lipinski definition) is 0. The van der Waals surface area contributed by atoms with E-state index >= 15 is 0 Å². The van der Waals surface area contributed by atoms with Crippen molar-refractivity contribution in [1.29, 1.82) is 0 Å². The molecule has 1 aromatic rings. The second kappa shape index (κ2) is 5.66. The predicted molar refractivity (Wildman–Crippen MR) is 45.3 cm³/mol. The van der Waals surface area contributed by atoms with Gasteiger partial charge >= 0.3 is 29.6 Å². The average molecular weight is 143 g/mol. The van der Waals surface area contributed by atoms with Crippen molar-refractivity contribution in [2.45, 2.75) is 6.42 Å². The Morgan fingerprint density at radius 3 is 2.80 bits per heavy atom. The maximum absolute atomic E-state index is 4.10. The van der Waals surface area contributed by atoms with Gasteiger partial charge in [-0.2, -0.15) is 0 Å². The van der Waals surface area contributed by atoms with Crippen LogP contribution in [-0.4, -0.2) is 34.5 Å². The van der Waals surface area contributed by atoms with Gasteiger partial charge in [-0.05, 0) is 12.1 Å². The summed E-state index contributed by atoms with van der Waals surface area (Å²) in [5, 5.41) is 0. The summed E-state index contributed by atoms with van der Waals surface area (Å²) >= 11 is 0. The molecule has 0 atom stereocenters. The van der Waals surface area contributed by atoms with Gasteiger partial charge in [-0.15, -0.1) is 6.58 Å². The molecule has 0 aromatic carbocycles. The monoisotopic (exact) mass is 143 g/mol. The van der Waals surface area contributed by atoms with E-state index in [-0.39, 0.29) is 29.6 Å². The Morgan fingerprint density at radius 2 is 2.30 bits per heavy atom. The Kier molecular flexibility index (Phi) is 5.60. The Morgan fingerprint density at radius 1 is 1.50 bits per heavy atom. The fourth-order valence-corrected chi connectivity index (χ4v) is 0.667. The second-order valence-corrected chi connectivity index (χ2v) is 1.81. The summed E-state index contributed by atoms with van der Waals surface area (Å²) in [6.45, 7) is 3.62. The summed E-state index contributed by atoms with van der Waals surface area (Å²) in [6.07, 6.45) is 4.50. The molecule has 1 rings (SSSR count). The number of nitrogens with zero attached hydrogens (tertiary/aromatic N) is 1. The van der Waals surface area contributed by atoms with Crippen LogP contribution in [0.5, 0.6) is 0 Å². The molecule has 0 spiro atoms. The molecular weight excluding hydrogens is 133 g/mol. The van der Waals surface area contributed by atoms with Crippen LogP contribution in [0.25, 0.3) is 0 Å². The van der Waals surface area contributed by atoms with Crippen LogP contribution in [0.1, 0.15) is 5.69 Å². The molecule has 2 heteroatoms. The number of rotatable bonds is 2. The minimum atomic E-state index is 0. The molecule has 0 amide bonds. The van der Waals surface area contributed by atoms with Crippen molar-refractivity contribution >= 4 is 29.6 Å². The van der Waals surface area contributed by atoms with Crippen molar-refractivity contribution in [2.75, 3.05) is 0 Å². The van der Waals surface area contributed by atoms with Crippen LogP contribution in [0.2, 0.25) is 0 Å². The third kappa shape index (κ3) is 3.16. The van der Waals surface area contributed by atoms with E-state index in [1.807, 2.05) is 24.3 Å². The number of pyridine rings is 1. The summed E-state index contributed by atoms with van der Waals surface area (Å²) in [7, 11) is 0. The minimum absolute atomic E-state index is 0. The van der Waals surface area contributed by atoms with E-state index in [4.69, 9.17) is 0 Å². The molecule has 1 aromatic heterocycles. The first-order valence-corrected chi connectivity index (χ1v) is 2.94. The van der Waals surface area contributed by atoms with Gasteiger partial charge in [0.15, 0.2) is 0 Å². The molecule has 0 saturated heterocycles. The summed E-state index contributed by atoms with van der Waals surface area (Å²) in [6, 6.07) is 5.88. The molecule has 0 bridgehead atoms. The van der Waals surface area contributed by atoms with Gasteiger partial charge < -0.3 is 0 Å². The number of aromatic nitrogens is 1.